The summed E-state index contributed by atoms with van der Waals surface area (Å²) in [4.78, 5) is 25.5. The molecule has 0 bridgehead atoms. The van der Waals surface area contributed by atoms with Gasteiger partial charge in [-0.25, -0.2) is 4.98 Å². The zero-order valence-electron chi connectivity index (χ0n) is 15.6. The van der Waals surface area contributed by atoms with E-state index in [0.29, 0.717) is 0 Å². The molecule has 0 unspecified atom stereocenters. The van der Waals surface area contributed by atoms with Crippen LogP contribution in [-0.2, 0) is 20.6 Å². The Balaban J connectivity index is 1.40. The van der Waals surface area contributed by atoms with Crippen LogP contribution in [0.15, 0.2) is 47.9 Å². The molecule has 0 saturated carbocycles. The predicted octanol–water partition coefficient (Wildman–Crippen LogP) is 0.898. The Morgan fingerprint density at radius 1 is 1.07 bits per heavy atom. The topological polar surface area (TPSA) is 72.1 Å². The SMILES string of the molecule is Cn1cc(-c2cncc(N3CCN(Cc4ccn(C)c(=O)c4)CC3)n2)cn1. The van der Waals surface area contributed by atoms with Gasteiger partial charge in [0.2, 0.25) is 0 Å². The molecule has 0 aromatic carbocycles. The van der Waals surface area contributed by atoms with Crippen LogP contribution in [0.3, 0.4) is 0 Å². The van der Waals surface area contributed by atoms with E-state index in [9.17, 15) is 4.79 Å². The zero-order valence-corrected chi connectivity index (χ0v) is 15.6. The lowest BCUT2D eigenvalue weighted by Crippen LogP contribution is -2.46. The molecule has 4 heterocycles. The maximum Gasteiger partial charge on any atom is 0.250 e. The van der Waals surface area contributed by atoms with Crippen molar-refractivity contribution >= 4 is 5.82 Å². The Labute approximate surface area is 157 Å². The molecule has 1 aliphatic rings. The summed E-state index contributed by atoms with van der Waals surface area (Å²) < 4.78 is 3.36. The van der Waals surface area contributed by atoms with Gasteiger partial charge in [-0.15, -0.1) is 0 Å². The van der Waals surface area contributed by atoms with Crippen LogP contribution in [0.4, 0.5) is 5.82 Å². The summed E-state index contributed by atoms with van der Waals surface area (Å²) in [5.74, 6) is 0.893. The van der Waals surface area contributed by atoms with Crippen molar-refractivity contribution in [3.63, 3.8) is 0 Å². The van der Waals surface area contributed by atoms with Crippen LogP contribution in [0.5, 0.6) is 0 Å². The van der Waals surface area contributed by atoms with Gasteiger partial charge in [0, 0.05) is 70.8 Å². The summed E-state index contributed by atoms with van der Waals surface area (Å²) in [6, 6.07) is 3.73. The van der Waals surface area contributed by atoms with Crippen molar-refractivity contribution in [2.24, 2.45) is 14.1 Å². The molecular formula is C19H23N7O. The highest BCUT2D eigenvalue weighted by atomic mass is 16.1. The number of aromatic nitrogens is 5. The molecule has 0 spiro atoms. The molecule has 4 rings (SSSR count). The second-order valence-electron chi connectivity index (χ2n) is 6.91. The third kappa shape index (κ3) is 3.90. The van der Waals surface area contributed by atoms with Crippen molar-refractivity contribution in [2.75, 3.05) is 31.1 Å². The molecule has 0 amide bonds. The first-order valence-electron chi connectivity index (χ1n) is 9.02. The first-order chi connectivity index (χ1) is 13.1. The van der Waals surface area contributed by atoms with Gasteiger partial charge in [-0.3, -0.25) is 19.4 Å². The smallest absolute Gasteiger partial charge is 0.250 e. The van der Waals surface area contributed by atoms with Crippen molar-refractivity contribution in [3.05, 3.63) is 59.0 Å². The van der Waals surface area contributed by atoms with E-state index in [0.717, 1.165) is 55.4 Å². The lowest BCUT2D eigenvalue weighted by atomic mass is 10.2. The summed E-state index contributed by atoms with van der Waals surface area (Å²) in [5, 5.41) is 4.20. The molecule has 0 radical (unpaired) electrons. The minimum atomic E-state index is 0.0358. The van der Waals surface area contributed by atoms with Gasteiger partial charge in [0.1, 0.15) is 5.82 Å². The van der Waals surface area contributed by atoms with Gasteiger partial charge >= 0.3 is 0 Å². The average Bonchev–Trinajstić information content (AvgIpc) is 3.12. The average molecular weight is 365 g/mol. The molecule has 0 aliphatic carbocycles. The van der Waals surface area contributed by atoms with Crippen LogP contribution < -0.4 is 10.5 Å². The summed E-state index contributed by atoms with van der Waals surface area (Å²) >= 11 is 0. The zero-order chi connectivity index (χ0) is 18.8. The normalized spacial score (nSPS) is 15.3. The first-order valence-corrected chi connectivity index (χ1v) is 9.02. The molecule has 1 aliphatic heterocycles. The van der Waals surface area contributed by atoms with Crippen LogP contribution in [0.1, 0.15) is 5.56 Å². The minimum Gasteiger partial charge on any atom is -0.353 e. The quantitative estimate of drug-likeness (QED) is 0.684. The number of aryl methyl sites for hydroxylation is 2. The Bertz CT molecular complexity index is 985. The Morgan fingerprint density at radius 3 is 2.59 bits per heavy atom. The van der Waals surface area contributed by atoms with Crippen LogP contribution >= 0.6 is 0 Å². The summed E-state index contributed by atoms with van der Waals surface area (Å²) in [6.07, 6.45) is 9.16. The molecule has 1 saturated heterocycles. The van der Waals surface area contributed by atoms with Crippen molar-refractivity contribution in [3.8, 4) is 11.3 Å². The van der Waals surface area contributed by atoms with Crippen LogP contribution in [0.25, 0.3) is 11.3 Å². The van der Waals surface area contributed by atoms with Crippen molar-refractivity contribution < 1.29 is 0 Å². The number of piperazine rings is 1. The van der Waals surface area contributed by atoms with E-state index in [1.165, 1.54) is 0 Å². The monoisotopic (exact) mass is 365 g/mol. The summed E-state index contributed by atoms with van der Waals surface area (Å²) in [5.41, 5.74) is 2.90. The molecule has 3 aromatic heterocycles. The maximum absolute atomic E-state index is 11.8. The minimum absolute atomic E-state index is 0.0358. The number of anilines is 1. The molecule has 0 atom stereocenters. The van der Waals surface area contributed by atoms with Gasteiger partial charge in [-0.1, -0.05) is 0 Å². The highest BCUT2D eigenvalue weighted by Crippen LogP contribution is 2.20. The van der Waals surface area contributed by atoms with E-state index < -0.39 is 0 Å². The molecule has 27 heavy (non-hydrogen) atoms. The standard InChI is InChI=1S/C19H23N7O/c1-23-4-3-15(9-19(23)27)13-25-5-7-26(8-6-25)18-12-20-11-17(22-18)16-10-21-24(2)14-16/h3-4,9-12,14H,5-8,13H2,1-2H3. The summed E-state index contributed by atoms with van der Waals surface area (Å²) in [7, 11) is 3.66. The van der Waals surface area contributed by atoms with Gasteiger partial charge in [0.25, 0.3) is 5.56 Å². The van der Waals surface area contributed by atoms with Crippen molar-refractivity contribution in [1.82, 2.24) is 29.2 Å². The van der Waals surface area contributed by atoms with E-state index in [1.54, 1.807) is 34.8 Å². The fraction of sp³-hybridized carbons (Fsp3) is 0.368. The maximum atomic E-state index is 11.8. The van der Waals surface area contributed by atoms with Gasteiger partial charge in [-0.05, 0) is 11.6 Å². The predicted molar refractivity (Wildman–Crippen MR) is 103 cm³/mol. The Hall–Kier alpha value is -3.00. The van der Waals surface area contributed by atoms with Crippen LogP contribution in [0.2, 0.25) is 0 Å². The fourth-order valence-corrected chi connectivity index (χ4v) is 3.28. The van der Waals surface area contributed by atoms with Gasteiger partial charge in [0.15, 0.2) is 0 Å². The molecule has 3 aromatic rings. The van der Waals surface area contributed by atoms with E-state index in [-0.39, 0.29) is 5.56 Å². The second kappa shape index (κ2) is 7.32. The van der Waals surface area contributed by atoms with Gasteiger partial charge < -0.3 is 9.47 Å². The molecule has 8 heteroatoms. The lowest BCUT2D eigenvalue weighted by molar-refractivity contribution is 0.249. The molecule has 0 N–H and O–H groups in total. The highest BCUT2D eigenvalue weighted by molar-refractivity contribution is 5.58. The first kappa shape index (κ1) is 17.4. The number of hydrogen-bond acceptors (Lipinski definition) is 6. The van der Waals surface area contributed by atoms with Crippen molar-refractivity contribution in [2.45, 2.75) is 6.54 Å². The third-order valence-electron chi connectivity index (χ3n) is 4.89. The van der Waals surface area contributed by atoms with E-state index in [1.807, 2.05) is 31.7 Å². The molecular weight excluding hydrogens is 342 g/mol. The van der Waals surface area contributed by atoms with Crippen LogP contribution in [-0.4, -0.2) is 55.4 Å². The fourth-order valence-electron chi connectivity index (χ4n) is 3.28. The lowest BCUT2D eigenvalue weighted by Gasteiger charge is -2.35. The molecule has 1 fully saturated rings. The Kier molecular flexibility index (Phi) is 4.72. The second-order valence-corrected chi connectivity index (χ2v) is 6.91. The molecule has 140 valence electrons. The third-order valence-corrected chi connectivity index (χ3v) is 4.89. The number of nitrogens with zero attached hydrogens (tertiary/aromatic N) is 7. The van der Waals surface area contributed by atoms with E-state index in [2.05, 4.69) is 19.9 Å². The Morgan fingerprint density at radius 2 is 1.89 bits per heavy atom. The van der Waals surface area contributed by atoms with Gasteiger partial charge in [0.05, 0.1) is 24.3 Å². The van der Waals surface area contributed by atoms with E-state index in [4.69, 9.17) is 4.98 Å². The largest absolute Gasteiger partial charge is 0.353 e. The number of pyridine rings is 1. The van der Waals surface area contributed by atoms with E-state index >= 15 is 0 Å². The number of hydrogen-bond donors (Lipinski definition) is 0. The highest BCUT2D eigenvalue weighted by Gasteiger charge is 2.19. The summed E-state index contributed by atoms with van der Waals surface area (Å²) in [6.45, 7) is 4.42. The number of rotatable bonds is 4. The van der Waals surface area contributed by atoms with Crippen LogP contribution in [0, 0.1) is 0 Å². The van der Waals surface area contributed by atoms with Crippen molar-refractivity contribution in [1.29, 1.82) is 0 Å². The van der Waals surface area contributed by atoms with Gasteiger partial charge in [-0.2, -0.15) is 5.10 Å². The molecule has 8 nitrogen and oxygen atoms in total.